The molecule has 1 aromatic carbocycles. The summed E-state index contributed by atoms with van der Waals surface area (Å²) >= 11 is 0. The Balaban J connectivity index is 1.65. The van der Waals surface area contributed by atoms with Crippen LogP contribution in [0.1, 0.15) is 42.6 Å². The Morgan fingerprint density at radius 3 is 2.70 bits per heavy atom. The molecule has 0 aliphatic carbocycles. The lowest BCUT2D eigenvalue weighted by Crippen LogP contribution is -2.60. The maximum atomic E-state index is 13.1. The van der Waals surface area contributed by atoms with Crippen molar-refractivity contribution in [3.05, 3.63) is 29.3 Å². The monoisotopic (exact) mass is 415 g/mol. The molecule has 2 heterocycles. The topological polar surface area (TPSA) is 75.0 Å². The zero-order chi connectivity index (χ0) is 21.7. The smallest absolute Gasteiger partial charge is 0.253 e. The predicted molar refractivity (Wildman–Crippen MR) is 114 cm³/mol. The van der Waals surface area contributed by atoms with Crippen molar-refractivity contribution in [1.29, 1.82) is 5.26 Å². The van der Waals surface area contributed by atoms with E-state index in [0.717, 1.165) is 30.7 Å². The van der Waals surface area contributed by atoms with Gasteiger partial charge < -0.3 is 19.1 Å². The standard InChI is InChI=1S/C23H33N3O4/c1-17(2)29-21-6-5-19(13-18(21)3)22(27)26-10-7-23(8-11-26)16-25(12-9-24)14-20(30-23)15-28-4/h5-6,13,17,20H,7-8,10-12,14-16H2,1-4H3. The molecular weight excluding hydrogens is 382 g/mol. The Hall–Kier alpha value is -2.14. The first kappa shape index (κ1) is 22.5. The van der Waals surface area contributed by atoms with Gasteiger partial charge in [0.15, 0.2) is 0 Å². The van der Waals surface area contributed by atoms with Gasteiger partial charge in [-0.2, -0.15) is 5.26 Å². The molecule has 1 unspecified atom stereocenters. The normalized spacial score (nSPS) is 21.6. The van der Waals surface area contributed by atoms with E-state index in [-0.39, 0.29) is 23.7 Å². The van der Waals surface area contributed by atoms with E-state index >= 15 is 0 Å². The summed E-state index contributed by atoms with van der Waals surface area (Å²) in [4.78, 5) is 17.1. The number of rotatable bonds is 6. The molecule has 1 spiro atoms. The third kappa shape index (κ3) is 5.31. The number of carbonyl (C=O) groups is 1. The van der Waals surface area contributed by atoms with Crippen LogP contribution in [0.15, 0.2) is 18.2 Å². The predicted octanol–water partition coefficient (Wildman–Crippen LogP) is 2.63. The molecule has 2 aliphatic heterocycles. The van der Waals surface area contributed by atoms with Gasteiger partial charge in [0.25, 0.3) is 5.91 Å². The minimum Gasteiger partial charge on any atom is -0.491 e. The SMILES string of the molecule is COCC1CN(CC#N)CC2(CCN(C(=O)c3ccc(OC(C)C)c(C)c3)CC2)O1. The Morgan fingerprint density at radius 2 is 2.10 bits per heavy atom. The first-order valence-corrected chi connectivity index (χ1v) is 10.7. The summed E-state index contributed by atoms with van der Waals surface area (Å²) in [6, 6.07) is 7.88. The Kier molecular flexibility index (Phi) is 7.35. The highest BCUT2D eigenvalue weighted by Crippen LogP contribution is 2.33. The van der Waals surface area contributed by atoms with E-state index in [1.54, 1.807) is 7.11 Å². The van der Waals surface area contributed by atoms with Crippen molar-refractivity contribution in [2.75, 3.05) is 46.4 Å². The number of nitriles is 1. The second-order valence-corrected chi connectivity index (χ2v) is 8.65. The molecule has 7 nitrogen and oxygen atoms in total. The number of amides is 1. The number of carbonyl (C=O) groups excluding carboxylic acids is 1. The van der Waals surface area contributed by atoms with Gasteiger partial charge >= 0.3 is 0 Å². The summed E-state index contributed by atoms with van der Waals surface area (Å²) in [5.41, 5.74) is 1.33. The van der Waals surface area contributed by atoms with Crippen LogP contribution in [0.4, 0.5) is 0 Å². The molecule has 0 N–H and O–H groups in total. The highest BCUT2D eigenvalue weighted by atomic mass is 16.5. The molecule has 0 aromatic heterocycles. The van der Waals surface area contributed by atoms with Crippen LogP contribution in [-0.2, 0) is 9.47 Å². The van der Waals surface area contributed by atoms with Gasteiger partial charge in [-0.25, -0.2) is 0 Å². The van der Waals surface area contributed by atoms with E-state index < -0.39 is 0 Å². The molecule has 3 rings (SSSR count). The zero-order valence-electron chi connectivity index (χ0n) is 18.5. The molecule has 0 radical (unpaired) electrons. The van der Waals surface area contributed by atoms with E-state index in [0.29, 0.717) is 38.3 Å². The van der Waals surface area contributed by atoms with Crippen LogP contribution in [0.25, 0.3) is 0 Å². The third-order valence-corrected chi connectivity index (χ3v) is 5.78. The highest BCUT2D eigenvalue weighted by Gasteiger charge is 2.43. The van der Waals surface area contributed by atoms with E-state index in [1.807, 2.05) is 43.9 Å². The largest absolute Gasteiger partial charge is 0.491 e. The van der Waals surface area contributed by atoms with Gasteiger partial charge in [0.05, 0.1) is 37.0 Å². The Labute approximate surface area is 179 Å². The number of aryl methyl sites for hydroxylation is 1. The molecule has 1 aromatic rings. The maximum Gasteiger partial charge on any atom is 0.253 e. The van der Waals surface area contributed by atoms with E-state index in [9.17, 15) is 4.79 Å². The average molecular weight is 416 g/mol. The number of hydrogen-bond donors (Lipinski definition) is 0. The van der Waals surface area contributed by atoms with E-state index in [2.05, 4.69) is 11.0 Å². The maximum absolute atomic E-state index is 13.1. The van der Waals surface area contributed by atoms with Crippen LogP contribution >= 0.6 is 0 Å². The van der Waals surface area contributed by atoms with Gasteiger partial charge in [-0.1, -0.05) is 0 Å². The van der Waals surface area contributed by atoms with Crippen molar-refractivity contribution in [1.82, 2.24) is 9.80 Å². The Morgan fingerprint density at radius 1 is 1.37 bits per heavy atom. The minimum absolute atomic E-state index is 0.0437. The second-order valence-electron chi connectivity index (χ2n) is 8.65. The number of morpholine rings is 1. The van der Waals surface area contributed by atoms with Crippen molar-refractivity contribution < 1.29 is 19.0 Å². The number of nitrogens with zero attached hydrogens (tertiary/aromatic N) is 3. The van der Waals surface area contributed by atoms with Gasteiger partial charge in [0, 0.05) is 38.9 Å². The van der Waals surface area contributed by atoms with Gasteiger partial charge in [0.2, 0.25) is 0 Å². The fourth-order valence-corrected chi connectivity index (χ4v) is 4.43. The van der Waals surface area contributed by atoms with Crippen LogP contribution < -0.4 is 4.74 Å². The average Bonchev–Trinajstić information content (AvgIpc) is 2.69. The lowest BCUT2D eigenvalue weighted by Gasteiger charge is -2.49. The molecule has 164 valence electrons. The number of ether oxygens (including phenoxy) is 3. The van der Waals surface area contributed by atoms with Crippen LogP contribution in [0.5, 0.6) is 5.75 Å². The quantitative estimate of drug-likeness (QED) is 0.665. The summed E-state index contributed by atoms with van der Waals surface area (Å²) in [6.07, 6.45) is 1.57. The number of piperidine rings is 1. The number of hydrogen-bond acceptors (Lipinski definition) is 6. The van der Waals surface area contributed by atoms with Crippen LogP contribution in [0.3, 0.4) is 0 Å². The lowest BCUT2D eigenvalue weighted by molar-refractivity contribution is -0.183. The van der Waals surface area contributed by atoms with Gasteiger partial charge in [-0.15, -0.1) is 0 Å². The summed E-state index contributed by atoms with van der Waals surface area (Å²) < 4.78 is 17.5. The molecule has 0 saturated carbocycles. The van der Waals surface area contributed by atoms with Crippen molar-refractivity contribution in [2.45, 2.75) is 51.4 Å². The van der Waals surface area contributed by atoms with Crippen LogP contribution in [-0.4, -0.2) is 80.0 Å². The fourth-order valence-electron chi connectivity index (χ4n) is 4.43. The fraction of sp³-hybridized carbons (Fsp3) is 0.652. The highest BCUT2D eigenvalue weighted by molar-refractivity contribution is 5.94. The minimum atomic E-state index is -0.319. The van der Waals surface area contributed by atoms with E-state index in [1.165, 1.54) is 0 Å². The van der Waals surface area contributed by atoms with Crippen molar-refractivity contribution in [3.63, 3.8) is 0 Å². The third-order valence-electron chi connectivity index (χ3n) is 5.78. The number of likely N-dealkylation sites (tertiary alicyclic amines) is 1. The van der Waals surface area contributed by atoms with Crippen molar-refractivity contribution >= 4 is 5.91 Å². The summed E-state index contributed by atoms with van der Waals surface area (Å²) in [5, 5.41) is 9.13. The molecule has 1 amide bonds. The molecule has 2 saturated heterocycles. The van der Waals surface area contributed by atoms with Gasteiger partial charge in [-0.05, 0) is 57.4 Å². The van der Waals surface area contributed by atoms with Gasteiger partial charge in [0.1, 0.15) is 5.75 Å². The molecule has 2 aliphatic rings. The first-order valence-electron chi connectivity index (χ1n) is 10.7. The molecule has 0 bridgehead atoms. The van der Waals surface area contributed by atoms with E-state index in [4.69, 9.17) is 19.5 Å². The summed E-state index contributed by atoms with van der Waals surface area (Å²) in [6.45, 7) is 9.56. The van der Waals surface area contributed by atoms with Crippen LogP contribution in [0.2, 0.25) is 0 Å². The summed E-state index contributed by atoms with van der Waals surface area (Å²) in [5.74, 6) is 0.860. The van der Waals surface area contributed by atoms with Gasteiger partial charge in [-0.3, -0.25) is 9.69 Å². The first-order chi connectivity index (χ1) is 14.4. The van der Waals surface area contributed by atoms with Crippen LogP contribution in [0, 0.1) is 18.3 Å². The van der Waals surface area contributed by atoms with Crippen molar-refractivity contribution in [2.24, 2.45) is 0 Å². The number of benzene rings is 1. The Bertz CT molecular complexity index is 781. The molecule has 7 heteroatoms. The number of methoxy groups -OCH3 is 1. The van der Waals surface area contributed by atoms with Crippen molar-refractivity contribution in [3.8, 4) is 11.8 Å². The molecule has 30 heavy (non-hydrogen) atoms. The second kappa shape index (κ2) is 9.78. The molecule has 1 atom stereocenters. The molecular formula is C23H33N3O4. The lowest BCUT2D eigenvalue weighted by atomic mass is 9.88. The summed E-state index contributed by atoms with van der Waals surface area (Å²) in [7, 11) is 1.67. The zero-order valence-corrected chi connectivity index (χ0v) is 18.5. The molecule has 2 fully saturated rings.